The molecule has 75 heavy (non-hydrogen) atoms. The van der Waals surface area contributed by atoms with Gasteiger partial charge in [-0.25, -0.2) is 0 Å². The van der Waals surface area contributed by atoms with Crippen molar-refractivity contribution >= 4 is 39.6 Å². The Labute approximate surface area is 440 Å². The molecular formula is C72H45NOS. The van der Waals surface area contributed by atoms with Gasteiger partial charge in [0.05, 0.1) is 27.9 Å². The van der Waals surface area contributed by atoms with E-state index >= 15 is 0 Å². The summed E-state index contributed by atoms with van der Waals surface area (Å²) in [6, 6.07) is 102. The lowest BCUT2D eigenvalue weighted by molar-refractivity contribution is 0.436. The number of fused-ring (bicyclic) bond motifs is 20. The molecule has 2 aliphatic carbocycles. The van der Waals surface area contributed by atoms with Crippen molar-refractivity contribution in [1.82, 2.24) is 0 Å². The Balaban J connectivity index is 1.04. The van der Waals surface area contributed by atoms with Gasteiger partial charge in [0.2, 0.25) is 0 Å². The number of anilines is 3. The normalized spacial score (nSPS) is 14.1. The van der Waals surface area contributed by atoms with E-state index in [0.717, 1.165) is 50.8 Å². The predicted molar refractivity (Wildman–Crippen MR) is 308 cm³/mol. The summed E-state index contributed by atoms with van der Waals surface area (Å²) >= 11 is 1.89. The number of hydrogen-bond acceptors (Lipinski definition) is 3. The average molecular weight is 972 g/mol. The fraction of sp³-hybridized carbons (Fsp3) is 0.0278. The van der Waals surface area contributed by atoms with Gasteiger partial charge in [0.25, 0.3) is 0 Å². The summed E-state index contributed by atoms with van der Waals surface area (Å²) in [5.74, 6) is 1.76. The van der Waals surface area contributed by atoms with Crippen LogP contribution in [0.2, 0.25) is 0 Å². The molecule has 0 aromatic heterocycles. The van der Waals surface area contributed by atoms with E-state index in [1.807, 2.05) is 11.8 Å². The molecule has 0 atom stereocenters. The lowest BCUT2D eigenvalue weighted by Gasteiger charge is -2.40. The Morgan fingerprint density at radius 2 is 0.733 bits per heavy atom. The molecule has 2 heterocycles. The highest BCUT2D eigenvalue weighted by atomic mass is 32.2. The molecule has 12 aromatic rings. The first kappa shape index (κ1) is 42.4. The van der Waals surface area contributed by atoms with Gasteiger partial charge >= 0.3 is 0 Å². The lowest BCUT2D eigenvalue weighted by atomic mass is 9.66. The number of para-hydroxylation sites is 3. The van der Waals surface area contributed by atoms with Gasteiger partial charge < -0.3 is 9.64 Å². The summed E-state index contributed by atoms with van der Waals surface area (Å²) in [6.07, 6.45) is 0. The van der Waals surface area contributed by atoms with Crippen LogP contribution in [-0.4, -0.2) is 0 Å². The molecular weight excluding hydrogens is 927 g/mol. The molecule has 0 amide bonds. The molecule has 0 bridgehead atoms. The van der Waals surface area contributed by atoms with E-state index in [1.165, 1.54) is 87.3 Å². The van der Waals surface area contributed by atoms with Gasteiger partial charge in [0, 0.05) is 37.4 Å². The van der Waals surface area contributed by atoms with E-state index in [-0.39, 0.29) is 0 Å². The number of rotatable bonds is 5. The van der Waals surface area contributed by atoms with Gasteiger partial charge in [-0.3, -0.25) is 0 Å². The third-order valence-electron chi connectivity index (χ3n) is 16.6. The van der Waals surface area contributed by atoms with Crippen LogP contribution in [0.3, 0.4) is 0 Å². The van der Waals surface area contributed by atoms with E-state index in [0.29, 0.717) is 0 Å². The second kappa shape index (κ2) is 16.2. The van der Waals surface area contributed by atoms with Gasteiger partial charge in [0.15, 0.2) is 0 Å². The van der Waals surface area contributed by atoms with Crippen LogP contribution in [0, 0.1) is 0 Å². The lowest BCUT2D eigenvalue weighted by Crippen LogP contribution is -2.32. The minimum absolute atomic E-state index is 0.591. The van der Waals surface area contributed by atoms with Crippen LogP contribution in [0.1, 0.15) is 44.5 Å². The topological polar surface area (TPSA) is 12.5 Å². The predicted octanol–water partition coefficient (Wildman–Crippen LogP) is 18.9. The highest BCUT2D eigenvalue weighted by molar-refractivity contribution is 7.99. The van der Waals surface area contributed by atoms with Crippen LogP contribution in [-0.2, 0) is 10.8 Å². The zero-order chi connectivity index (χ0) is 49.2. The summed E-state index contributed by atoms with van der Waals surface area (Å²) < 4.78 is 6.82. The van der Waals surface area contributed by atoms with Crippen molar-refractivity contribution in [2.24, 2.45) is 0 Å². The van der Waals surface area contributed by atoms with Gasteiger partial charge in [-0.1, -0.05) is 242 Å². The zero-order valence-electron chi connectivity index (χ0n) is 40.7. The van der Waals surface area contributed by atoms with Gasteiger partial charge in [-0.05, 0) is 115 Å². The number of ether oxygens (including phenoxy) is 1. The molecule has 2 spiro atoms. The summed E-state index contributed by atoms with van der Waals surface area (Å²) in [5, 5.41) is 2.42. The maximum Gasteiger partial charge on any atom is 0.132 e. The first-order chi connectivity index (χ1) is 37.2. The zero-order valence-corrected chi connectivity index (χ0v) is 41.6. The van der Waals surface area contributed by atoms with E-state index in [9.17, 15) is 0 Å². The minimum Gasteiger partial charge on any atom is -0.457 e. The second-order valence-electron chi connectivity index (χ2n) is 20.1. The van der Waals surface area contributed by atoms with Crippen LogP contribution >= 0.6 is 11.8 Å². The maximum absolute atomic E-state index is 6.82. The fourth-order valence-corrected chi connectivity index (χ4v) is 14.9. The largest absolute Gasteiger partial charge is 0.457 e. The van der Waals surface area contributed by atoms with Crippen molar-refractivity contribution in [3.05, 3.63) is 317 Å². The molecule has 350 valence electrons. The Hall–Kier alpha value is -9.15. The summed E-state index contributed by atoms with van der Waals surface area (Å²) in [6.45, 7) is 0. The molecule has 16 rings (SSSR count). The summed E-state index contributed by atoms with van der Waals surface area (Å²) in [5.41, 5.74) is 21.8. The first-order valence-corrected chi connectivity index (χ1v) is 26.7. The highest BCUT2D eigenvalue weighted by Gasteiger charge is 2.53. The molecule has 0 unspecified atom stereocenters. The third-order valence-corrected chi connectivity index (χ3v) is 17.8. The van der Waals surface area contributed by atoms with Crippen LogP contribution < -0.4 is 9.64 Å². The Bertz CT molecular complexity index is 4230. The van der Waals surface area contributed by atoms with E-state index in [2.05, 4.69) is 278 Å². The van der Waals surface area contributed by atoms with Crippen molar-refractivity contribution in [2.45, 2.75) is 20.6 Å². The summed E-state index contributed by atoms with van der Waals surface area (Å²) in [4.78, 5) is 5.20. The van der Waals surface area contributed by atoms with E-state index < -0.39 is 10.8 Å². The molecule has 0 saturated heterocycles. The molecule has 0 radical (unpaired) electrons. The molecule has 12 aromatic carbocycles. The maximum atomic E-state index is 6.82. The first-order valence-electron chi connectivity index (χ1n) is 25.9. The molecule has 2 nitrogen and oxygen atoms in total. The fourth-order valence-electron chi connectivity index (χ4n) is 13.7. The third kappa shape index (κ3) is 5.76. The molecule has 2 aliphatic heterocycles. The van der Waals surface area contributed by atoms with Gasteiger partial charge in [-0.2, -0.15) is 0 Å². The van der Waals surface area contributed by atoms with Gasteiger partial charge in [0.1, 0.15) is 11.5 Å². The van der Waals surface area contributed by atoms with Crippen LogP contribution in [0.25, 0.3) is 55.3 Å². The molecule has 3 heteroatoms. The van der Waals surface area contributed by atoms with Crippen molar-refractivity contribution in [2.75, 3.05) is 4.90 Å². The van der Waals surface area contributed by atoms with Crippen molar-refractivity contribution in [3.63, 3.8) is 0 Å². The van der Waals surface area contributed by atoms with Crippen molar-refractivity contribution in [3.8, 4) is 56.0 Å². The minimum atomic E-state index is -0.648. The molecule has 4 aliphatic rings. The van der Waals surface area contributed by atoms with Crippen molar-refractivity contribution in [1.29, 1.82) is 0 Å². The van der Waals surface area contributed by atoms with E-state index in [4.69, 9.17) is 4.74 Å². The van der Waals surface area contributed by atoms with Crippen LogP contribution in [0.15, 0.2) is 283 Å². The Morgan fingerprint density at radius 3 is 1.40 bits per heavy atom. The standard InChI is InChI=1S/C72H45NOS/c1-2-21-46(22-3-1)47-41-43-48(44-42-47)49-23-8-15-35-62(49)73(63-36-20-34-60-70(63)53-27-7-10-29-55(53)71(60)56-30-11-16-37-65(56)74-66-38-17-12-31-57(66)71)64-45-61-69(51-25-5-4-24-50(51)64)52-26-6-9-28-54(52)72(61)58-32-13-18-39-67(58)75-68-40-19-14-33-59(68)72/h1-45H. The Morgan fingerprint density at radius 1 is 0.280 bits per heavy atom. The monoisotopic (exact) mass is 971 g/mol. The number of nitrogens with zero attached hydrogens (tertiary/aromatic N) is 1. The quantitative estimate of drug-likeness (QED) is 0.171. The van der Waals surface area contributed by atoms with Gasteiger partial charge in [-0.15, -0.1) is 0 Å². The number of benzene rings is 12. The molecule has 0 N–H and O–H groups in total. The summed E-state index contributed by atoms with van der Waals surface area (Å²) in [7, 11) is 0. The molecule has 0 saturated carbocycles. The second-order valence-corrected chi connectivity index (χ2v) is 21.2. The highest BCUT2D eigenvalue weighted by Crippen LogP contribution is 2.67. The van der Waals surface area contributed by atoms with E-state index in [1.54, 1.807) is 0 Å². The van der Waals surface area contributed by atoms with Crippen molar-refractivity contribution < 1.29 is 4.74 Å². The Kier molecular flexibility index (Phi) is 9.14. The van der Waals surface area contributed by atoms with Crippen LogP contribution in [0.4, 0.5) is 17.1 Å². The number of hydrogen-bond donors (Lipinski definition) is 0. The van der Waals surface area contributed by atoms with Crippen LogP contribution in [0.5, 0.6) is 11.5 Å². The SMILES string of the molecule is c1ccc(-c2ccc(-c3ccccc3N(c3cccc4c3-c3ccccc3C43c4ccccc4Oc4ccccc43)c3cc4c(c5ccccc35)-c3ccccc3C43c4ccccc4Sc4ccccc43)cc2)cc1. The molecule has 0 fully saturated rings. The average Bonchev–Trinajstić information content (AvgIpc) is 4.04. The smallest absolute Gasteiger partial charge is 0.132 e.